The number of aromatic amines is 1. The van der Waals surface area contributed by atoms with Crippen molar-refractivity contribution in [1.82, 2.24) is 4.98 Å². The monoisotopic (exact) mass is 317 g/mol. The Morgan fingerprint density at radius 1 is 1.32 bits per heavy atom. The normalized spacial score (nSPS) is 9.68. The molecule has 94 valence electrons. The Bertz CT molecular complexity index is 711. The predicted octanol–water partition coefficient (Wildman–Crippen LogP) is 2.26. The van der Waals surface area contributed by atoms with Crippen LogP contribution in [0.5, 0.6) is 0 Å². The summed E-state index contributed by atoms with van der Waals surface area (Å²) >= 11 is 3.27. The number of halogens is 1. The number of carbonyl (C=O) groups is 1. The molecule has 0 aliphatic heterocycles. The van der Waals surface area contributed by atoms with Crippen LogP contribution in [-0.2, 0) is 0 Å². The van der Waals surface area contributed by atoms with Crippen molar-refractivity contribution in [3.05, 3.63) is 62.5 Å². The molecule has 2 N–H and O–H groups in total. The van der Waals surface area contributed by atoms with Crippen molar-refractivity contribution in [2.75, 3.05) is 5.32 Å². The standard InChI is InChI=1S/C13H8BrN3O2/c14-10-3-1-8(6-15)11(5-10)17-13(19)9-2-4-12(18)16-7-9/h1-5,7H,(H,16,18)(H,17,19). The maximum absolute atomic E-state index is 11.9. The van der Waals surface area contributed by atoms with E-state index in [1.54, 1.807) is 18.2 Å². The quantitative estimate of drug-likeness (QED) is 0.890. The van der Waals surface area contributed by atoms with Crippen molar-refractivity contribution in [2.24, 2.45) is 0 Å². The van der Waals surface area contributed by atoms with Gasteiger partial charge in [-0.15, -0.1) is 0 Å². The summed E-state index contributed by atoms with van der Waals surface area (Å²) in [6.45, 7) is 0. The van der Waals surface area contributed by atoms with Crippen LogP contribution in [0.3, 0.4) is 0 Å². The number of aromatic nitrogens is 1. The Kier molecular flexibility index (Phi) is 3.78. The first kappa shape index (κ1) is 13.1. The molecular formula is C13H8BrN3O2. The van der Waals surface area contributed by atoms with Gasteiger partial charge in [0, 0.05) is 16.7 Å². The van der Waals surface area contributed by atoms with Crippen LogP contribution in [0.4, 0.5) is 5.69 Å². The molecule has 6 heteroatoms. The second-order valence-electron chi connectivity index (χ2n) is 3.70. The molecule has 0 bridgehead atoms. The van der Waals surface area contributed by atoms with Crippen molar-refractivity contribution < 1.29 is 4.79 Å². The van der Waals surface area contributed by atoms with Gasteiger partial charge in [-0.05, 0) is 24.3 Å². The number of nitriles is 1. The molecule has 1 aromatic heterocycles. The van der Waals surface area contributed by atoms with Gasteiger partial charge in [0.05, 0.1) is 16.8 Å². The molecule has 0 aliphatic carbocycles. The maximum atomic E-state index is 11.9. The summed E-state index contributed by atoms with van der Waals surface area (Å²) in [6.07, 6.45) is 1.32. The summed E-state index contributed by atoms with van der Waals surface area (Å²) in [4.78, 5) is 25.3. The molecule has 0 radical (unpaired) electrons. The molecule has 0 spiro atoms. The Morgan fingerprint density at radius 3 is 2.74 bits per heavy atom. The average Bonchev–Trinajstić information content (AvgIpc) is 2.39. The van der Waals surface area contributed by atoms with E-state index < -0.39 is 5.91 Å². The van der Waals surface area contributed by atoms with Crippen LogP contribution >= 0.6 is 15.9 Å². The number of hydrogen-bond acceptors (Lipinski definition) is 3. The molecule has 1 heterocycles. The summed E-state index contributed by atoms with van der Waals surface area (Å²) in [5.74, 6) is -0.397. The summed E-state index contributed by atoms with van der Waals surface area (Å²) in [5.41, 5.74) is 0.800. The average molecular weight is 318 g/mol. The van der Waals surface area contributed by atoms with Gasteiger partial charge in [-0.3, -0.25) is 9.59 Å². The molecule has 0 fully saturated rings. The number of H-pyrrole nitrogens is 1. The predicted molar refractivity (Wildman–Crippen MR) is 73.9 cm³/mol. The number of nitrogens with one attached hydrogen (secondary N) is 2. The largest absolute Gasteiger partial charge is 0.328 e. The van der Waals surface area contributed by atoms with E-state index in [-0.39, 0.29) is 5.56 Å². The Labute approximate surface area is 117 Å². The van der Waals surface area contributed by atoms with Crippen LogP contribution in [0.2, 0.25) is 0 Å². The molecule has 1 amide bonds. The van der Waals surface area contributed by atoms with Gasteiger partial charge in [-0.25, -0.2) is 0 Å². The van der Waals surface area contributed by atoms with Crippen LogP contribution in [0.1, 0.15) is 15.9 Å². The zero-order valence-corrected chi connectivity index (χ0v) is 11.2. The fourth-order valence-corrected chi connectivity index (χ4v) is 1.82. The van der Waals surface area contributed by atoms with Crippen molar-refractivity contribution in [3.63, 3.8) is 0 Å². The van der Waals surface area contributed by atoms with E-state index >= 15 is 0 Å². The number of rotatable bonds is 2. The molecule has 2 rings (SSSR count). The zero-order valence-electron chi connectivity index (χ0n) is 9.61. The van der Waals surface area contributed by atoms with E-state index in [9.17, 15) is 9.59 Å². The van der Waals surface area contributed by atoms with Gasteiger partial charge in [-0.1, -0.05) is 15.9 Å². The Morgan fingerprint density at radius 2 is 2.11 bits per heavy atom. The van der Waals surface area contributed by atoms with Crippen LogP contribution in [0, 0.1) is 11.3 Å². The minimum absolute atomic E-state index is 0.281. The van der Waals surface area contributed by atoms with Crippen LogP contribution in [-0.4, -0.2) is 10.9 Å². The minimum atomic E-state index is -0.397. The van der Waals surface area contributed by atoms with E-state index in [0.717, 1.165) is 4.47 Å². The molecule has 0 atom stereocenters. The number of pyridine rings is 1. The first-order valence-corrected chi connectivity index (χ1v) is 6.09. The van der Waals surface area contributed by atoms with Crippen LogP contribution in [0.15, 0.2) is 45.8 Å². The highest BCUT2D eigenvalue weighted by atomic mass is 79.9. The van der Waals surface area contributed by atoms with Gasteiger partial charge < -0.3 is 10.3 Å². The van der Waals surface area contributed by atoms with Crippen molar-refractivity contribution >= 4 is 27.5 Å². The maximum Gasteiger partial charge on any atom is 0.257 e. The van der Waals surface area contributed by atoms with Crippen LogP contribution < -0.4 is 10.9 Å². The Balaban J connectivity index is 2.29. The lowest BCUT2D eigenvalue weighted by Crippen LogP contribution is -2.15. The first-order chi connectivity index (χ1) is 9.10. The van der Waals surface area contributed by atoms with E-state index in [1.165, 1.54) is 18.3 Å². The third-order valence-electron chi connectivity index (χ3n) is 2.40. The fraction of sp³-hybridized carbons (Fsp3) is 0. The second-order valence-corrected chi connectivity index (χ2v) is 4.61. The highest BCUT2D eigenvalue weighted by molar-refractivity contribution is 9.10. The van der Waals surface area contributed by atoms with E-state index in [4.69, 9.17) is 5.26 Å². The van der Waals surface area contributed by atoms with E-state index in [1.807, 2.05) is 6.07 Å². The highest BCUT2D eigenvalue weighted by Crippen LogP contribution is 2.21. The SMILES string of the molecule is N#Cc1ccc(Br)cc1NC(=O)c1ccc(=O)[nH]c1. The topological polar surface area (TPSA) is 85.8 Å². The highest BCUT2D eigenvalue weighted by Gasteiger charge is 2.09. The lowest BCUT2D eigenvalue weighted by Gasteiger charge is -2.07. The summed E-state index contributed by atoms with van der Waals surface area (Å²) in [5, 5.41) is 11.6. The number of nitrogens with zero attached hydrogens (tertiary/aromatic N) is 1. The van der Waals surface area contributed by atoms with E-state index in [0.29, 0.717) is 16.8 Å². The number of anilines is 1. The number of carbonyl (C=O) groups excluding carboxylic acids is 1. The summed E-state index contributed by atoms with van der Waals surface area (Å²) in [7, 11) is 0. The third-order valence-corrected chi connectivity index (χ3v) is 2.89. The molecular weight excluding hydrogens is 310 g/mol. The molecule has 2 aromatic rings. The minimum Gasteiger partial charge on any atom is -0.328 e. The molecule has 1 aromatic carbocycles. The van der Waals surface area contributed by atoms with Gasteiger partial charge in [0.25, 0.3) is 5.91 Å². The molecule has 0 unspecified atom stereocenters. The second kappa shape index (κ2) is 5.50. The van der Waals surface area contributed by atoms with Gasteiger partial charge in [-0.2, -0.15) is 5.26 Å². The molecule has 0 aliphatic rings. The molecule has 19 heavy (non-hydrogen) atoms. The van der Waals surface area contributed by atoms with Crippen molar-refractivity contribution in [2.45, 2.75) is 0 Å². The van der Waals surface area contributed by atoms with Gasteiger partial charge in [0.2, 0.25) is 5.56 Å². The number of hydrogen-bond donors (Lipinski definition) is 2. The van der Waals surface area contributed by atoms with Gasteiger partial charge in [0.1, 0.15) is 6.07 Å². The number of benzene rings is 1. The van der Waals surface area contributed by atoms with Crippen molar-refractivity contribution in [3.8, 4) is 6.07 Å². The molecule has 0 saturated heterocycles. The first-order valence-electron chi connectivity index (χ1n) is 5.30. The number of amides is 1. The lowest BCUT2D eigenvalue weighted by atomic mass is 10.2. The lowest BCUT2D eigenvalue weighted by molar-refractivity contribution is 0.102. The smallest absolute Gasteiger partial charge is 0.257 e. The third kappa shape index (κ3) is 3.09. The van der Waals surface area contributed by atoms with Crippen LogP contribution in [0.25, 0.3) is 0 Å². The Hall–Kier alpha value is -2.39. The fourth-order valence-electron chi connectivity index (χ4n) is 1.46. The van der Waals surface area contributed by atoms with Gasteiger partial charge >= 0.3 is 0 Å². The van der Waals surface area contributed by atoms with E-state index in [2.05, 4.69) is 26.2 Å². The molecule has 0 saturated carbocycles. The van der Waals surface area contributed by atoms with Gasteiger partial charge in [0.15, 0.2) is 0 Å². The van der Waals surface area contributed by atoms with Crippen molar-refractivity contribution in [1.29, 1.82) is 5.26 Å². The zero-order chi connectivity index (χ0) is 13.8. The summed E-state index contributed by atoms with van der Waals surface area (Å²) < 4.78 is 0.753. The molecule has 5 nitrogen and oxygen atoms in total. The summed E-state index contributed by atoms with van der Waals surface area (Å²) in [6, 6.07) is 9.64.